The molecule has 1 aliphatic heterocycles. The van der Waals surface area contributed by atoms with Gasteiger partial charge in [-0.15, -0.1) is 0 Å². The number of guanidine groups is 1. The predicted molar refractivity (Wildman–Crippen MR) is 44.9 cm³/mol. The van der Waals surface area contributed by atoms with Crippen molar-refractivity contribution in [3.8, 4) is 0 Å². The molecule has 0 saturated carbocycles. The van der Waals surface area contributed by atoms with Crippen molar-refractivity contribution in [1.82, 2.24) is 10.6 Å². The Balaban J connectivity index is 2.56. The maximum atomic E-state index is 10.6. The van der Waals surface area contributed by atoms with E-state index >= 15 is 0 Å². The molecule has 1 heterocycles. The molecule has 2 amide bonds. The zero-order valence-electron chi connectivity index (χ0n) is 7.42. The molecule has 72 valence electrons. The third-order valence-electron chi connectivity index (χ3n) is 1.29. The fourth-order valence-corrected chi connectivity index (χ4v) is 0.711. The van der Waals surface area contributed by atoms with Crippen molar-refractivity contribution in [2.45, 2.75) is 19.4 Å². The molecule has 0 unspecified atom stereocenters. The zero-order chi connectivity index (χ0) is 10.1. The van der Waals surface area contributed by atoms with Crippen LogP contribution in [0, 0.1) is 0 Å². The van der Waals surface area contributed by atoms with Gasteiger partial charge >= 0.3 is 11.8 Å². The molecule has 0 aromatic carbocycles. The van der Waals surface area contributed by atoms with E-state index < -0.39 is 17.4 Å². The Morgan fingerprint density at radius 3 is 2.15 bits per heavy atom. The summed E-state index contributed by atoms with van der Waals surface area (Å²) in [5, 5.41) is 13.7. The Bertz CT molecular complexity index is 259. The van der Waals surface area contributed by atoms with E-state index in [0.29, 0.717) is 0 Å². The first kappa shape index (κ1) is 9.66. The van der Waals surface area contributed by atoms with Crippen molar-refractivity contribution in [3.63, 3.8) is 0 Å². The molecule has 1 saturated heterocycles. The van der Waals surface area contributed by atoms with Gasteiger partial charge in [0.05, 0.1) is 12.1 Å². The summed E-state index contributed by atoms with van der Waals surface area (Å²) in [6, 6.07) is 0. The Morgan fingerprint density at radius 2 is 1.77 bits per heavy atom. The smallest absolute Gasteiger partial charge is 0.316 e. The average molecular weight is 185 g/mol. The molecule has 3 N–H and O–H groups in total. The number of amides is 2. The van der Waals surface area contributed by atoms with Crippen molar-refractivity contribution in [2.24, 2.45) is 4.99 Å². The first-order valence-corrected chi connectivity index (χ1v) is 3.78. The van der Waals surface area contributed by atoms with E-state index in [2.05, 4.69) is 15.6 Å². The van der Waals surface area contributed by atoms with Gasteiger partial charge in [-0.2, -0.15) is 0 Å². The normalized spacial score (nSPS) is 17.0. The Labute approximate surface area is 75.0 Å². The van der Waals surface area contributed by atoms with Gasteiger partial charge in [0, 0.05) is 0 Å². The van der Waals surface area contributed by atoms with Crippen molar-refractivity contribution in [1.29, 1.82) is 0 Å². The van der Waals surface area contributed by atoms with Gasteiger partial charge in [-0.25, -0.2) is 4.99 Å². The molecule has 1 aliphatic rings. The average Bonchev–Trinajstić information content (AvgIpc) is 2.27. The van der Waals surface area contributed by atoms with Crippen molar-refractivity contribution >= 4 is 17.8 Å². The second-order valence-corrected chi connectivity index (χ2v) is 3.39. The van der Waals surface area contributed by atoms with Crippen LogP contribution in [0.2, 0.25) is 0 Å². The molecule has 0 spiro atoms. The van der Waals surface area contributed by atoms with Gasteiger partial charge in [0.25, 0.3) is 0 Å². The molecule has 0 aliphatic carbocycles. The fraction of sp³-hybridized carbons (Fsp3) is 0.571. The summed E-state index contributed by atoms with van der Waals surface area (Å²) >= 11 is 0. The van der Waals surface area contributed by atoms with Crippen molar-refractivity contribution in [2.75, 3.05) is 6.54 Å². The van der Waals surface area contributed by atoms with E-state index in [0.717, 1.165) is 0 Å². The highest BCUT2D eigenvalue weighted by Gasteiger charge is 2.25. The van der Waals surface area contributed by atoms with Crippen LogP contribution in [0.1, 0.15) is 13.8 Å². The van der Waals surface area contributed by atoms with Crippen LogP contribution in [0.15, 0.2) is 4.99 Å². The number of nitrogens with zero attached hydrogens (tertiary/aromatic N) is 1. The number of hydrogen-bond acceptors (Lipinski definition) is 4. The Hall–Kier alpha value is -1.43. The minimum Gasteiger partial charge on any atom is -0.389 e. The minimum absolute atomic E-state index is 0.0946. The third-order valence-corrected chi connectivity index (χ3v) is 1.29. The quantitative estimate of drug-likeness (QED) is 0.450. The molecule has 0 radical (unpaired) electrons. The summed E-state index contributed by atoms with van der Waals surface area (Å²) in [4.78, 5) is 25.1. The van der Waals surface area contributed by atoms with Crippen LogP contribution in [0.25, 0.3) is 0 Å². The summed E-state index contributed by atoms with van der Waals surface area (Å²) in [5.41, 5.74) is -0.953. The second kappa shape index (κ2) is 3.14. The molecule has 0 bridgehead atoms. The van der Waals surface area contributed by atoms with E-state index in [9.17, 15) is 14.7 Å². The number of rotatable bonds is 2. The molecular weight excluding hydrogens is 174 g/mol. The summed E-state index contributed by atoms with van der Waals surface area (Å²) in [6.45, 7) is 3.27. The van der Waals surface area contributed by atoms with Crippen LogP contribution < -0.4 is 10.6 Å². The van der Waals surface area contributed by atoms with Crippen LogP contribution in [0.3, 0.4) is 0 Å². The maximum absolute atomic E-state index is 10.6. The van der Waals surface area contributed by atoms with Crippen molar-refractivity contribution < 1.29 is 14.7 Å². The van der Waals surface area contributed by atoms with Crippen LogP contribution in [-0.4, -0.2) is 35.0 Å². The summed E-state index contributed by atoms with van der Waals surface area (Å²) in [6.07, 6.45) is 0. The first-order chi connectivity index (χ1) is 5.88. The lowest BCUT2D eigenvalue weighted by Crippen LogP contribution is -2.30. The predicted octanol–water partition coefficient (Wildman–Crippen LogP) is -1.64. The maximum Gasteiger partial charge on any atom is 0.316 e. The molecule has 1 rings (SSSR count). The Morgan fingerprint density at radius 1 is 1.31 bits per heavy atom. The van der Waals surface area contributed by atoms with E-state index in [1.165, 1.54) is 0 Å². The lowest BCUT2D eigenvalue weighted by atomic mass is 10.1. The van der Waals surface area contributed by atoms with Crippen LogP contribution in [0.5, 0.6) is 0 Å². The van der Waals surface area contributed by atoms with E-state index in [4.69, 9.17) is 0 Å². The lowest BCUT2D eigenvalue weighted by Gasteiger charge is -2.13. The molecule has 0 aromatic heterocycles. The monoisotopic (exact) mass is 185 g/mol. The number of carbonyl (C=O) groups excluding carboxylic acids is 2. The molecule has 0 aromatic rings. The molecule has 6 nitrogen and oxygen atoms in total. The summed E-state index contributed by atoms with van der Waals surface area (Å²) in [5.74, 6) is -1.36. The first-order valence-electron chi connectivity index (χ1n) is 3.78. The summed E-state index contributed by atoms with van der Waals surface area (Å²) < 4.78 is 0. The number of hydrogen-bond donors (Lipinski definition) is 3. The largest absolute Gasteiger partial charge is 0.389 e. The molecule has 0 atom stereocenters. The van der Waals surface area contributed by atoms with E-state index in [1.54, 1.807) is 13.8 Å². The van der Waals surface area contributed by atoms with Gasteiger partial charge in [-0.3, -0.25) is 20.2 Å². The number of nitrogens with one attached hydrogen (secondary N) is 2. The molecule has 1 fully saturated rings. The van der Waals surface area contributed by atoms with Gasteiger partial charge in [0.15, 0.2) is 0 Å². The SMILES string of the molecule is CC(C)(O)CN=C1NC(=O)C(=O)N1. The van der Waals surface area contributed by atoms with E-state index in [-0.39, 0.29) is 12.5 Å². The fourth-order valence-electron chi connectivity index (χ4n) is 0.711. The highest BCUT2D eigenvalue weighted by atomic mass is 16.3. The number of aliphatic imine (C=N–C) groups is 1. The second-order valence-electron chi connectivity index (χ2n) is 3.39. The lowest BCUT2D eigenvalue weighted by molar-refractivity contribution is -0.135. The minimum atomic E-state index is -0.953. The standard InChI is InChI=1S/C7H11N3O3/c1-7(2,13)3-8-6-9-4(11)5(12)10-6/h13H,3H2,1-2H3,(H2,8,9,10,11,12). The van der Waals surface area contributed by atoms with E-state index in [1.807, 2.05) is 0 Å². The van der Waals surface area contributed by atoms with Gasteiger partial charge in [0.1, 0.15) is 0 Å². The highest BCUT2D eigenvalue weighted by molar-refractivity contribution is 6.45. The Kier molecular flexibility index (Phi) is 2.33. The topological polar surface area (TPSA) is 90.8 Å². The highest BCUT2D eigenvalue weighted by Crippen LogP contribution is 2.00. The van der Waals surface area contributed by atoms with Gasteiger partial charge in [-0.05, 0) is 13.8 Å². The molecule has 13 heavy (non-hydrogen) atoms. The van der Waals surface area contributed by atoms with Gasteiger partial charge < -0.3 is 5.11 Å². The van der Waals surface area contributed by atoms with Crippen LogP contribution in [-0.2, 0) is 9.59 Å². The number of carbonyl (C=O) groups is 2. The summed E-state index contributed by atoms with van der Waals surface area (Å²) in [7, 11) is 0. The molecular formula is C7H11N3O3. The van der Waals surface area contributed by atoms with Crippen LogP contribution in [0.4, 0.5) is 0 Å². The third kappa shape index (κ3) is 2.83. The zero-order valence-corrected chi connectivity index (χ0v) is 7.42. The van der Waals surface area contributed by atoms with Gasteiger partial charge in [-0.1, -0.05) is 0 Å². The van der Waals surface area contributed by atoms with Gasteiger partial charge in [0.2, 0.25) is 5.96 Å². The van der Waals surface area contributed by atoms with Crippen molar-refractivity contribution in [3.05, 3.63) is 0 Å². The van der Waals surface area contributed by atoms with Crippen LogP contribution >= 0.6 is 0 Å². The molecule has 6 heteroatoms. The number of aliphatic hydroxyl groups is 1.